The van der Waals surface area contributed by atoms with Gasteiger partial charge in [-0.05, 0) is 12.3 Å². The highest BCUT2D eigenvalue weighted by Crippen LogP contribution is 2.36. The molecule has 1 aliphatic carbocycles. The van der Waals surface area contributed by atoms with Gasteiger partial charge >= 0.3 is 0 Å². The number of hydrogen-bond donors (Lipinski definition) is 0. The van der Waals surface area contributed by atoms with E-state index in [0.29, 0.717) is 6.42 Å². The van der Waals surface area contributed by atoms with E-state index in [9.17, 15) is 8.78 Å². The molecule has 1 saturated carbocycles. The molecule has 0 bridgehead atoms. The van der Waals surface area contributed by atoms with Crippen molar-refractivity contribution in [1.82, 2.24) is 0 Å². The molecule has 1 aliphatic rings. The van der Waals surface area contributed by atoms with E-state index in [0.717, 1.165) is 19.3 Å². The van der Waals surface area contributed by atoms with E-state index in [1.54, 1.807) is 0 Å². The van der Waals surface area contributed by atoms with Crippen molar-refractivity contribution < 1.29 is 8.78 Å². The van der Waals surface area contributed by atoms with Gasteiger partial charge in [0.05, 0.1) is 0 Å². The SMILES string of the molecule is CCC1CCCCC(F)(F)C1. The normalized spacial score (nSPS) is 31.4. The van der Waals surface area contributed by atoms with Crippen molar-refractivity contribution in [2.75, 3.05) is 0 Å². The maximum Gasteiger partial charge on any atom is 0.248 e. The van der Waals surface area contributed by atoms with Crippen LogP contribution in [0.15, 0.2) is 0 Å². The Bertz CT molecular complexity index is 121. The van der Waals surface area contributed by atoms with Crippen molar-refractivity contribution in [1.29, 1.82) is 0 Å². The van der Waals surface area contributed by atoms with E-state index in [1.165, 1.54) is 0 Å². The van der Waals surface area contributed by atoms with Crippen LogP contribution in [0, 0.1) is 5.92 Å². The second-order valence-corrected chi connectivity index (χ2v) is 3.58. The van der Waals surface area contributed by atoms with E-state index < -0.39 is 5.92 Å². The number of hydrogen-bond acceptors (Lipinski definition) is 0. The van der Waals surface area contributed by atoms with Crippen molar-refractivity contribution in [3.8, 4) is 0 Å². The summed E-state index contributed by atoms with van der Waals surface area (Å²) in [6.45, 7) is 2.01. The topological polar surface area (TPSA) is 0 Å². The molecule has 0 N–H and O–H groups in total. The van der Waals surface area contributed by atoms with Crippen LogP contribution in [0.25, 0.3) is 0 Å². The molecule has 0 aromatic rings. The minimum Gasteiger partial charge on any atom is -0.207 e. The van der Waals surface area contributed by atoms with Crippen molar-refractivity contribution in [3.05, 3.63) is 0 Å². The van der Waals surface area contributed by atoms with Crippen LogP contribution < -0.4 is 0 Å². The van der Waals surface area contributed by atoms with Gasteiger partial charge in [0.1, 0.15) is 0 Å². The van der Waals surface area contributed by atoms with Gasteiger partial charge in [0.25, 0.3) is 0 Å². The molecule has 0 heterocycles. The summed E-state index contributed by atoms with van der Waals surface area (Å²) in [5.41, 5.74) is 0. The quantitative estimate of drug-likeness (QED) is 0.517. The summed E-state index contributed by atoms with van der Waals surface area (Å²) in [5.74, 6) is -2.09. The van der Waals surface area contributed by atoms with E-state index in [-0.39, 0.29) is 18.8 Å². The smallest absolute Gasteiger partial charge is 0.207 e. The zero-order valence-electron chi connectivity index (χ0n) is 7.08. The Balaban J connectivity index is 2.47. The summed E-state index contributed by atoms with van der Waals surface area (Å²) < 4.78 is 25.8. The highest BCUT2D eigenvalue weighted by Gasteiger charge is 2.33. The zero-order valence-corrected chi connectivity index (χ0v) is 7.08. The first kappa shape index (κ1) is 8.95. The molecule has 11 heavy (non-hydrogen) atoms. The Kier molecular flexibility index (Phi) is 2.85. The van der Waals surface area contributed by atoms with Gasteiger partial charge in [0, 0.05) is 12.8 Å². The van der Waals surface area contributed by atoms with Gasteiger partial charge in [-0.3, -0.25) is 0 Å². The molecular formula is C9H16F2. The van der Waals surface area contributed by atoms with E-state index in [1.807, 2.05) is 6.92 Å². The van der Waals surface area contributed by atoms with Gasteiger partial charge in [0.15, 0.2) is 0 Å². The Labute approximate surface area is 67.0 Å². The molecular weight excluding hydrogens is 146 g/mol. The molecule has 0 aromatic carbocycles. The molecule has 0 saturated heterocycles. The highest BCUT2D eigenvalue weighted by atomic mass is 19.3. The van der Waals surface area contributed by atoms with Crippen molar-refractivity contribution in [2.45, 2.75) is 51.4 Å². The van der Waals surface area contributed by atoms with E-state index in [4.69, 9.17) is 0 Å². The van der Waals surface area contributed by atoms with E-state index >= 15 is 0 Å². The van der Waals surface area contributed by atoms with Crippen LogP contribution in [0.4, 0.5) is 8.78 Å². The lowest BCUT2D eigenvalue weighted by Crippen LogP contribution is -2.17. The largest absolute Gasteiger partial charge is 0.248 e. The summed E-state index contributed by atoms with van der Waals surface area (Å²) >= 11 is 0. The molecule has 0 aliphatic heterocycles. The maximum absolute atomic E-state index is 12.9. The first-order valence-electron chi connectivity index (χ1n) is 4.52. The second-order valence-electron chi connectivity index (χ2n) is 3.58. The van der Waals surface area contributed by atoms with Crippen LogP contribution >= 0.6 is 0 Å². The monoisotopic (exact) mass is 162 g/mol. The van der Waals surface area contributed by atoms with Gasteiger partial charge in [0.2, 0.25) is 5.92 Å². The fraction of sp³-hybridized carbons (Fsp3) is 1.00. The number of rotatable bonds is 1. The molecule has 1 atom stereocenters. The predicted molar refractivity (Wildman–Crippen MR) is 41.8 cm³/mol. The molecule has 0 amide bonds. The predicted octanol–water partition coefficient (Wildman–Crippen LogP) is 3.61. The summed E-state index contributed by atoms with van der Waals surface area (Å²) in [7, 11) is 0. The molecule has 2 heteroatoms. The van der Waals surface area contributed by atoms with Gasteiger partial charge in [-0.1, -0.05) is 26.2 Å². The van der Waals surface area contributed by atoms with Gasteiger partial charge in [-0.2, -0.15) is 0 Å². The van der Waals surface area contributed by atoms with Crippen LogP contribution in [0.2, 0.25) is 0 Å². The van der Waals surface area contributed by atoms with Crippen LogP contribution in [-0.2, 0) is 0 Å². The third kappa shape index (κ3) is 2.76. The molecule has 0 radical (unpaired) electrons. The Morgan fingerprint density at radius 3 is 2.73 bits per heavy atom. The summed E-state index contributed by atoms with van der Waals surface area (Å²) in [6.07, 6.45) is 3.87. The summed E-state index contributed by atoms with van der Waals surface area (Å²) in [5, 5.41) is 0. The van der Waals surface area contributed by atoms with Crippen LogP contribution in [0.3, 0.4) is 0 Å². The average molecular weight is 162 g/mol. The summed E-state index contributed by atoms with van der Waals surface area (Å²) in [6, 6.07) is 0. The van der Waals surface area contributed by atoms with Gasteiger partial charge in [-0.25, -0.2) is 8.78 Å². The van der Waals surface area contributed by atoms with Gasteiger partial charge in [-0.15, -0.1) is 0 Å². The van der Waals surface area contributed by atoms with Crippen molar-refractivity contribution in [3.63, 3.8) is 0 Å². The minimum absolute atomic E-state index is 0.115. The molecule has 0 spiro atoms. The maximum atomic E-state index is 12.9. The summed E-state index contributed by atoms with van der Waals surface area (Å²) in [4.78, 5) is 0. The third-order valence-corrected chi connectivity index (χ3v) is 2.57. The number of alkyl halides is 2. The first-order valence-corrected chi connectivity index (χ1v) is 4.52. The molecule has 1 unspecified atom stereocenters. The standard InChI is InChI=1S/C9H16F2/c1-2-8-5-3-4-6-9(10,11)7-8/h8H,2-7H2,1H3. The van der Waals surface area contributed by atoms with Crippen LogP contribution in [0.5, 0.6) is 0 Å². The lowest BCUT2D eigenvalue weighted by molar-refractivity contribution is -0.0254. The number of halogens is 2. The van der Waals surface area contributed by atoms with E-state index in [2.05, 4.69) is 0 Å². The minimum atomic E-state index is -2.36. The lowest BCUT2D eigenvalue weighted by atomic mass is 9.96. The third-order valence-electron chi connectivity index (χ3n) is 2.57. The van der Waals surface area contributed by atoms with Crippen molar-refractivity contribution in [2.24, 2.45) is 5.92 Å². The van der Waals surface area contributed by atoms with Gasteiger partial charge < -0.3 is 0 Å². The Morgan fingerprint density at radius 2 is 2.09 bits per heavy atom. The fourth-order valence-electron chi connectivity index (χ4n) is 1.79. The molecule has 1 fully saturated rings. The first-order chi connectivity index (χ1) is 5.14. The Hall–Kier alpha value is -0.140. The van der Waals surface area contributed by atoms with Crippen LogP contribution in [0.1, 0.15) is 45.4 Å². The molecule has 0 aromatic heterocycles. The fourth-order valence-corrected chi connectivity index (χ4v) is 1.79. The Morgan fingerprint density at radius 1 is 1.36 bits per heavy atom. The molecule has 1 rings (SSSR count). The lowest BCUT2D eigenvalue weighted by Gasteiger charge is -2.17. The van der Waals surface area contributed by atoms with Crippen LogP contribution in [-0.4, -0.2) is 5.92 Å². The molecule has 66 valence electrons. The average Bonchev–Trinajstić information content (AvgIpc) is 2.10. The highest BCUT2D eigenvalue weighted by molar-refractivity contribution is 4.75. The van der Waals surface area contributed by atoms with Crippen molar-refractivity contribution >= 4 is 0 Å². The second kappa shape index (κ2) is 3.51. The molecule has 0 nitrogen and oxygen atoms in total. The zero-order chi connectivity index (χ0) is 8.32.